The summed E-state index contributed by atoms with van der Waals surface area (Å²) in [7, 11) is 0. The summed E-state index contributed by atoms with van der Waals surface area (Å²) < 4.78 is 14.7. The molecule has 1 atom stereocenters. The van der Waals surface area contributed by atoms with Crippen molar-refractivity contribution in [3.8, 4) is 17.1 Å². The summed E-state index contributed by atoms with van der Waals surface area (Å²) in [4.78, 5) is 34.4. The van der Waals surface area contributed by atoms with Crippen LogP contribution < -0.4 is 20.7 Å². The Morgan fingerprint density at radius 2 is 2.00 bits per heavy atom. The van der Waals surface area contributed by atoms with Gasteiger partial charge >= 0.3 is 6.09 Å². The van der Waals surface area contributed by atoms with Crippen molar-refractivity contribution in [3.63, 3.8) is 0 Å². The molecule has 6 rings (SSSR count). The molecule has 2 aromatic carbocycles. The van der Waals surface area contributed by atoms with Gasteiger partial charge in [0.25, 0.3) is 0 Å². The maximum atomic E-state index is 12.1. The van der Waals surface area contributed by atoms with Crippen molar-refractivity contribution in [3.05, 3.63) is 30.3 Å². The molecule has 36 heavy (non-hydrogen) atoms. The fourth-order valence-corrected chi connectivity index (χ4v) is 5.74. The maximum absolute atomic E-state index is 12.1. The third-order valence-corrected chi connectivity index (χ3v) is 7.41. The Labute approximate surface area is 209 Å². The number of amides is 2. The summed E-state index contributed by atoms with van der Waals surface area (Å²) >= 11 is 1.28. The maximum Gasteiger partial charge on any atom is 0.410 e. The van der Waals surface area contributed by atoms with Crippen molar-refractivity contribution < 1.29 is 24.2 Å². The summed E-state index contributed by atoms with van der Waals surface area (Å²) in [6, 6.07) is 9.19. The van der Waals surface area contributed by atoms with Gasteiger partial charge in [0.15, 0.2) is 5.13 Å². The first-order valence-corrected chi connectivity index (χ1v) is 12.5. The lowest BCUT2D eigenvalue weighted by atomic mass is 10.1. The molecule has 0 radical (unpaired) electrons. The predicted octanol–water partition coefficient (Wildman–Crippen LogP) is 3.27. The van der Waals surface area contributed by atoms with E-state index in [-0.39, 0.29) is 6.61 Å². The number of nitrogens with zero attached hydrogens (tertiary/aromatic N) is 4. The third-order valence-electron chi connectivity index (χ3n) is 6.47. The van der Waals surface area contributed by atoms with Gasteiger partial charge in [-0.25, -0.2) is 14.8 Å². The molecule has 2 aliphatic rings. The minimum atomic E-state index is -1.15. The first kappa shape index (κ1) is 22.6. The fraction of sp³-hybridized carbons (Fsp3) is 0.333. The largest absolute Gasteiger partial charge is 0.491 e. The van der Waals surface area contributed by atoms with Crippen LogP contribution in [0.1, 0.15) is 12.8 Å². The van der Waals surface area contributed by atoms with Crippen LogP contribution in [-0.2, 0) is 16.1 Å². The van der Waals surface area contributed by atoms with Gasteiger partial charge in [-0.05, 0) is 37.1 Å². The number of carbonyl (C=O) groups excluding carboxylic acids is 1. The van der Waals surface area contributed by atoms with Crippen LogP contribution in [0.2, 0.25) is 0 Å². The molecule has 0 aliphatic carbocycles. The summed E-state index contributed by atoms with van der Waals surface area (Å²) in [5, 5.41) is 11.7. The molecule has 1 fully saturated rings. The molecule has 4 N–H and O–H groups in total. The normalized spacial score (nSPS) is 18.0. The van der Waals surface area contributed by atoms with Crippen LogP contribution in [0.4, 0.5) is 15.6 Å². The zero-order valence-electron chi connectivity index (χ0n) is 19.3. The Kier molecular flexibility index (Phi) is 5.61. The first-order chi connectivity index (χ1) is 17.5. The van der Waals surface area contributed by atoms with Crippen molar-refractivity contribution in [1.82, 2.24) is 14.5 Å². The Balaban J connectivity index is 1.48. The summed E-state index contributed by atoms with van der Waals surface area (Å²) in [5.74, 6) is 1.09. The molecule has 0 saturated carbocycles. The fourth-order valence-electron chi connectivity index (χ4n) is 4.84. The average Bonchev–Trinajstić information content (AvgIpc) is 3.41. The number of imidazole rings is 1. The van der Waals surface area contributed by atoms with Gasteiger partial charge in [0.1, 0.15) is 23.1 Å². The summed E-state index contributed by atoms with van der Waals surface area (Å²) in [5.41, 5.74) is 9.78. The number of nitrogens with one attached hydrogen (secondary N) is 1. The second kappa shape index (κ2) is 8.95. The van der Waals surface area contributed by atoms with Gasteiger partial charge < -0.3 is 29.8 Å². The van der Waals surface area contributed by atoms with Crippen LogP contribution in [0.15, 0.2) is 30.3 Å². The van der Waals surface area contributed by atoms with E-state index in [4.69, 9.17) is 25.3 Å². The molecule has 4 aromatic rings. The van der Waals surface area contributed by atoms with Gasteiger partial charge in [0.2, 0.25) is 5.91 Å². The molecule has 0 spiro atoms. The number of aryl methyl sites for hydroxylation is 1. The van der Waals surface area contributed by atoms with Crippen molar-refractivity contribution in [2.45, 2.75) is 25.4 Å². The molecule has 4 heterocycles. The van der Waals surface area contributed by atoms with E-state index in [2.05, 4.69) is 14.9 Å². The molecule has 186 valence electrons. The standard InChI is InChI=1S/C24H24N6O5S/c25-21(31)17-12-34-8-6-29(17)14-10-16-20-18(11-14)35-7-2-1-5-30(20)22(26-16)13-3-4-15-19(9-13)36-23(27-15)28-24(32)33/h3-4,9-11,17H,1-2,5-8,12H2,(H2,25,31)(H,27,28)(H,32,33)/t17-/m0/s1. The van der Waals surface area contributed by atoms with Crippen molar-refractivity contribution in [2.75, 3.05) is 36.6 Å². The van der Waals surface area contributed by atoms with E-state index >= 15 is 0 Å². The van der Waals surface area contributed by atoms with Gasteiger partial charge in [-0.3, -0.25) is 10.1 Å². The van der Waals surface area contributed by atoms with Crippen LogP contribution in [0.5, 0.6) is 5.75 Å². The Morgan fingerprint density at radius 3 is 2.83 bits per heavy atom. The SMILES string of the molecule is NC(=O)[C@@H]1COCCN1c1cc2c3c(c1)nc(-c1ccc4nc(NC(=O)O)sc4c1)n3CCCCO2. The summed E-state index contributed by atoms with van der Waals surface area (Å²) in [6.45, 7) is 2.69. The van der Waals surface area contributed by atoms with Gasteiger partial charge in [0.05, 0.1) is 35.6 Å². The Hall–Kier alpha value is -3.90. The number of primary amides is 1. The number of fused-ring (bicyclic) bond motifs is 1. The molecule has 2 aromatic heterocycles. The van der Waals surface area contributed by atoms with Crippen LogP contribution >= 0.6 is 11.3 Å². The molecule has 12 heteroatoms. The smallest absolute Gasteiger partial charge is 0.410 e. The molecule has 2 amide bonds. The van der Waals surface area contributed by atoms with Gasteiger partial charge in [-0.15, -0.1) is 0 Å². The molecule has 0 bridgehead atoms. The highest BCUT2D eigenvalue weighted by Crippen LogP contribution is 2.38. The van der Waals surface area contributed by atoms with Crippen LogP contribution in [0, 0.1) is 0 Å². The molecular weight excluding hydrogens is 484 g/mol. The number of aromatic nitrogens is 3. The highest BCUT2D eigenvalue weighted by atomic mass is 32.1. The zero-order valence-corrected chi connectivity index (χ0v) is 20.1. The number of benzene rings is 2. The number of thiazole rings is 1. The molecule has 2 aliphatic heterocycles. The van der Waals surface area contributed by atoms with Crippen molar-refractivity contribution in [2.24, 2.45) is 5.73 Å². The number of anilines is 2. The number of carboxylic acid groups (broad SMARTS) is 1. The van der Waals surface area contributed by atoms with Crippen LogP contribution in [-0.4, -0.2) is 64.0 Å². The number of carbonyl (C=O) groups is 2. The highest BCUT2D eigenvalue weighted by molar-refractivity contribution is 7.22. The first-order valence-electron chi connectivity index (χ1n) is 11.7. The molecular formula is C24H24N6O5S. The minimum Gasteiger partial charge on any atom is -0.491 e. The zero-order chi connectivity index (χ0) is 24.8. The lowest BCUT2D eigenvalue weighted by Gasteiger charge is -2.35. The van der Waals surface area contributed by atoms with Crippen molar-refractivity contribution >= 4 is 55.4 Å². The second-order valence-corrected chi connectivity index (χ2v) is 9.80. The van der Waals surface area contributed by atoms with Gasteiger partial charge in [-0.2, -0.15) is 0 Å². The van der Waals surface area contributed by atoms with E-state index in [0.717, 1.165) is 57.9 Å². The lowest BCUT2D eigenvalue weighted by Crippen LogP contribution is -2.52. The quantitative estimate of drug-likeness (QED) is 0.381. The minimum absolute atomic E-state index is 0.247. The van der Waals surface area contributed by atoms with E-state index in [0.29, 0.717) is 30.4 Å². The number of morpholine rings is 1. The molecule has 1 saturated heterocycles. The lowest BCUT2D eigenvalue weighted by molar-refractivity contribution is -0.121. The molecule has 0 unspecified atom stereocenters. The number of rotatable bonds is 4. The second-order valence-electron chi connectivity index (χ2n) is 8.77. The van der Waals surface area contributed by atoms with Gasteiger partial charge in [-0.1, -0.05) is 11.3 Å². The van der Waals surface area contributed by atoms with E-state index in [1.54, 1.807) is 0 Å². The van der Waals surface area contributed by atoms with Crippen LogP contribution in [0.3, 0.4) is 0 Å². The monoisotopic (exact) mass is 508 g/mol. The topological polar surface area (TPSA) is 145 Å². The Morgan fingerprint density at radius 1 is 1.11 bits per heavy atom. The molecule has 11 nitrogen and oxygen atoms in total. The predicted molar refractivity (Wildman–Crippen MR) is 136 cm³/mol. The number of ether oxygens (including phenoxy) is 2. The summed E-state index contributed by atoms with van der Waals surface area (Å²) in [6.07, 6.45) is 0.706. The highest BCUT2D eigenvalue weighted by Gasteiger charge is 2.30. The van der Waals surface area contributed by atoms with E-state index in [1.807, 2.05) is 35.2 Å². The van der Waals surface area contributed by atoms with Crippen molar-refractivity contribution in [1.29, 1.82) is 0 Å². The van der Waals surface area contributed by atoms with E-state index < -0.39 is 18.0 Å². The number of hydrogen-bond donors (Lipinski definition) is 3. The Bertz CT molecular complexity index is 1500. The van der Waals surface area contributed by atoms with Crippen LogP contribution in [0.25, 0.3) is 32.6 Å². The van der Waals surface area contributed by atoms with E-state index in [1.165, 1.54) is 11.3 Å². The number of nitrogens with two attached hydrogens (primary N) is 1. The van der Waals surface area contributed by atoms with E-state index in [9.17, 15) is 9.59 Å². The van der Waals surface area contributed by atoms with Gasteiger partial charge in [0, 0.05) is 30.4 Å². The average molecular weight is 509 g/mol. The number of hydrogen-bond acceptors (Lipinski definition) is 8. The third kappa shape index (κ3) is 3.97.